The van der Waals surface area contributed by atoms with Gasteiger partial charge in [-0.1, -0.05) is 0 Å². The fraction of sp³-hybridized carbons (Fsp3) is 0.500. The molecule has 1 heterocycles. The van der Waals surface area contributed by atoms with Crippen LogP contribution in [0.15, 0.2) is 18.2 Å². The molecule has 1 aromatic carbocycles. The molecule has 3 N–H and O–H groups in total. The Morgan fingerprint density at radius 2 is 2.05 bits per heavy atom. The number of nitrogen functional groups attached to an aromatic ring is 1. The minimum absolute atomic E-state index is 0.0448. The summed E-state index contributed by atoms with van der Waals surface area (Å²) in [5, 5.41) is 2.99. The molecule has 1 unspecified atom stereocenters. The van der Waals surface area contributed by atoms with Crippen molar-refractivity contribution in [1.29, 1.82) is 0 Å². The number of nitrogens with one attached hydrogen (secondary N) is 1. The van der Waals surface area contributed by atoms with Gasteiger partial charge in [0.1, 0.15) is 11.9 Å². The van der Waals surface area contributed by atoms with Crippen LogP contribution in [0, 0.1) is 5.82 Å². The lowest BCUT2D eigenvalue weighted by atomic mass is 10.1. The molecule has 0 radical (unpaired) electrons. The van der Waals surface area contributed by atoms with Gasteiger partial charge in [0.05, 0.1) is 11.4 Å². The highest BCUT2D eigenvalue weighted by molar-refractivity contribution is 5.85. The normalized spacial score (nSPS) is 17.1. The quantitative estimate of drug-likeness (QED) is 0.824. The van der Waals surface area contributed by atoms with Gasteiger partial charge in [-0.25, -0.2) is 4.39 Å². The molecule has 0 saturated carbocycles. The number of anilines is 2. The largest absolute Gasteiger partial charge is 0.397 e. The van der Waals surface area contributed by atoms with Crippen LogP contribution in [0.2, 0.25) is 0 Å². The Hall–Kier alpha value is -1.78. The molecular weight excluding hydrogens is 245 g/mol. The van der Waals surface area contributed by atoms with Crippen molar-refractivity contribution in [2.45, 2.75) is 32.2 Å². The Balaban J connectivity index is 2.01. The third kappa shape index (κ3) is 3.36. The van der Waals surface area contributed by atoms with Crippen LogP contribution in [0.1, 0.15) is 26.2 Å². The molecule has 19 heavy (non-hydrogen) atoms. The van der Waals surface area contributed by atoms with Crippen molar-refractivity contribution in [3.8, 4) is 0 Å². The van der Waals surface area contributed by atoms with Crippen molar-refractivity contribution in [3.63, 3.8) is 0 Å². The Bertz CT molecular complexity index is 458. The van der Waals surface area contributed by atoms with E-state index < -0.39 is 6.04 Å². The Morgan fingerprint density at radius 3 is 2.74 bits per heavy atom. The maximum absolute atomic E-state index is 13.2. The molecule has 0 bridgehead atoms. The van der Waals surface area contributed by atoms with Crippen LogP contribution in [0.4, 0.5) is 15.8 Å². The van der Waals surface area contributed by atoms with E-state index >= 15 is 0 Å². The Kier molecular flexibility index (Phi) is 4.24. The minimum atomic E-state index is -0.401. The number of benzene rings is 1. The summed E-state index contributed by atoms with van der Waals surface area (Å²) in [6, 6.07) is 3.71. The average Bonchev–Trinajstić information content (AvgIpc) is 2.43. The highest BCUT2D eigenvalue weighted by atomic mass is 19.1. The maximum Gasteiger partial charge on any atom is 0.244 e. The molecule has 0 spiro atoms. The minimum Gasteiger partial charge on any atom is -0.397 e. The summed E-state index contributed by atoms with van der Waals surface area (Å²) < 4.78 is 13.2. The number of carbonyl (C=O) groups is 1. The van der Waals surface area contributed by atoms with Crippen molar-refractivity contribution in [3.05, 3.63) is 24.0 Å². The third-order valence-corrected chi connectivity index (χ3v) is 3.43. The summed E-state index contributed by atoms with van der Waals surface area (Å²) in [4.78, 5) is 14.1. The van der Waals surface area contributed by atoms with Gasteiger partial charge in [0, 0.05) is 13.1 Å². The van der Waals surface area contributed by atoms with Gasteiger partial charge < -0.3 is 16.0 Å². The van der Waals surface area contributed by atoms with E-state index in [2.05, 4.69) is 5.32 Å². The number of nitrogens with zero attached hydrogens (tertiary/aromatic N) is 1. The van der Waals surface area contributed by atoms with E-state index in [-0.39, 0.29) is 11.7 Å². The molecule has 104 valence electrons. The van der Waals surface area contributed by atoms with E-state index in [1.807, 2.05) is 4.90 Å². The number of likely N-dealkylation sites (tertiary alicyclic amines) is 1. The van der Waals surface area contributed by atoms with Crippen LogP contribution in [0.5, 0.6) is 0 Å². The highest BCUT2D eigenvalue weighted by Gasteiger charge is 2.22. The first-order valence-electron chi connectivity index (χ1n) is 6.68. The molecule has 1 atom stereocenters. The molecule has 1 aliphatic heterocycles. The zero-order chi connectivity index (χ0) is 13.8. The molecular formula is C14H20FN3O. The Labute approximate surface area is 112 Å². The van der Waals surface area contributed by atoms with Gasteiger partial charge in [-0.3, -0.25) is 4.79 Å². The van der Waals surface area contributed by atoms with Gasteiger partial charge in [0.15, 0.2) is 0 Å². The maximum atomic E-state index is 13.2. The van der Waals surface area contributed by atoms with Crippen molar-refractivity contribution in [2.75, 3.05) is 24.1 Å². The lowest BCUT2D eigenvalue weighted by Gasteiger charge is -2.30. The van der Waals surface area contributed by atoms with Crippen LogP contribution in [-0.4, -0.2) is 29.9 Å². The zero-order valence-electron chi connectivity index (χ0n) is 11.2. The van der Waals surface area contributed by atoms with Crippen LogP contribution < -0.4 is 11.1 Å². The van der Waals surface area contributed by atoms with Gasteiger partial charge >= 0.3 is 0 Å². The van der Waals surface area contributed by atoms with Crippen molar-refractivity contribution in [2.24, 2.45) is 0 Å². The average molecular weight is 265 g/mol. The zero-order valence-corrected chi connectivity index (χ0v) is 11.2. The van der Waals surface area contributed by atoms with E-state index in [1.54, 1.807) is 6.92 Å². The van der Waals surface area contributed by atoms with Gasteiger partial charge in [-0.15, -0.1) is 0 Å². The molecule has 1 fully saturated rings. The van der Waals surface area contributed by atoms with Gasteiger partial charge in [-0.05, 0) is 44.4 Å². The van der Waals surface area contributed by atoms with Crippen LogP contribution in [0.3, 0.4) is 0 Å². The van der Waals surface area contributed by atoms with E-state index in [4.69, 9.17) is 5.73 Å². The fourth-order valence-corrected chi connectivity index (χ4v) is 2.34. The monoisotopic (exact) mass is 265 g/mol. The smallest absolute Gasteiger partial charge is 0.244 e. The lowest BCUT2D eigenvalue weighted by molar-refractivity contribution is -0.132. The van der Waals surface area contributed by atoms with Crippen LogP contribution in [0.25, 0.3) is 0 Å². The molecule has 1 aromatic rings. The predicted molar refractivity (Wildman–Crippen MR) is 74.3 cm³/mol. The molecule has 1 aliphatic rings. The number of rotatable bonds is 3. The molecule has 2 rings (SSSR count). The first kappa shape index (κ1) is 13.6. The summed E-state index contributed by atoms with van der Waals surface area (Å²) >= 11 is 0. The fourth-order valence-electron chi connectivity index (χ4n) is 2.34. The highest BCUT2D eigenvalue weighted by Crippen LogP contribution is 2.21. The number of hydrogen-bond acceptors (Lipinski definition) is 3. The summed E-state index contributed by atoms with van der Waals surface area (Å²) in [5.41, 5.74) is 6.68. The summed E-state index contributed by atoms with van der Waals surface area (Å²) in [7, 11) is 0. The van der Waals surface area contributed by atoms with Gasteiger partial charge in [-0.2, -0.15) is 0 Å². The van der Waals surface area contributed by atoms with Gasteiger partial charge in [0.25, 0.3) is 0 Å². The lowest BCUT2D eigenvalue weighted by Crippen LogP contribution is -2.44. The third-order valence-electron chi connectivity index (χ3n) is 3.43. The second-order valence-electron chi connectivity index (χ2n) is 4.98. The topological polar surface area (TPSA) is 58.4 Å². The Morgan fingerprint density at radius 1 is 1.37 bits per heavy atom. The second kappa shape index (κ2) is 5.91. The number of halogens is 1. The molecule has 0 aromatic heterocycles. The van der Waals surface area contributed by atoms with Gasteiger partial charge in [0.2, 0.25) is 5.91 Å². The number of hydrogen-bond donors (Lipinski definition) is 2. The van der Waals surface area contributed by atoms with E-state index in [0.717, 1.165) is 25.9 Å². The second-order valence-corrected chi connectivity index (χ2v) is 4.98. The molecule has 4 nitrogen and oxygen atoms in total. The molecule has 5 heteroatoms. The first-order valence-corrected chi connectivity index (χ1v) is 6.68. The number of carbonyl (C=O) groups excluding carboxylic acids is 1. The standard InChI is InChI=1S/C14H20FN3O/c1-10(14(19)18-7-3-2-4-8-18)17-13-9-11(15)5-6-12(13)16/h5-6,9-10,17H,2-4,7-8,16H2,1H3. The predicted octanol–water partition coefficient (Wildman–Crippen LogP) is 2.22. The van der Waals surface area contributed by atoms with Crippen molar-refractivity contribution < 1.29 is 9.18 Å². The van der Waals surface area contributed by atoms with E-state index in [1.165, 1.54) is 24.6 Å². The first-order chi connectivity index (χ1) is 9.08. The molecule has 0 aliphatic carbocycles. The molecule has 1 saturated heterocycles. The SMILES string of the molecule is CC(Nc1cc(F)ccc1N)C(=O)N1CCCCC1. The summed E-state index contributed by atoms with van der Waals surface area (Å²) in [5.74, 6) is -0.322. The van der Waals surface area contributed by atoms with Crippen LogP contribution in [-0.2, 0) is 4.79 Å². The van der Waals surface area contributed by atoms with Crippen LogP contribution >= 0.6 is 0 Å². The molecule has 1 amide bonds. The number of nitrogens with two attached hydrogens (primary N) is 1. The summed E-state index contributed by atoms with van der Waals surface area (Å²) in [6.07, 6.45) is 3.30. The number of piperidine rings is 1. The van der Waals surface area contributed by atoms with E-state index in [9.17, 15) is 9.18 Å². The number of amides is 1. The van der Waals surface area contributed by atoms with Crippen molar-refractivity contribution >= 4 is 17.3 Å². The van der Waals surface area contributed by atoms with E-state index in [0.29, 0.717) is 11.4 Å². The summed E-state index contributed by atoms with van der Waals surface area (Å²) in [6.45, 7) is 3.40. The van der Waals surface area contributed by atoms with Crippen molar-refractivity contribution in [1.82, 2.24) is 4.90 Å².